The molecular weight excluding hydrogens is 286 g/mol. The minimum absolute atomic E-state index is 0.170. The van der Waals surface area contributed by atoms with Crippen LogP contribution in [0, 0.1) is 0 Å². The number of hydrogen-bond donors (Lipinski definition) is 1. The summed E-state index contributed by atoms with van der Waals surface area (Å²) in [5.41, 5.74) is 0.609. The normalized spacial score (nSPS) is 14.0. The number of amides is 2. The van der Waals surface area contributed by atoms with E-state index in [4.69, 9.17) is 4.74 Å². The Labute approximate surface area is 126 Å². The number of ether oxygens (including phenoxy) is 1. The van der Waals surface area contributed by atoms with Gasteiger partial charge in [0.1, 0.15) is 18.8 Å². The van der Waals surface area contributed by atoms with Gasteiger partial charge in [0.05, 0.1) is 18.4 Å². The summed E-state index contributed by atoms with van der Waals surface area (Å²) in [6.45, 7) is 1.28. The molecule has 1 fully saturated rings. The maximum absolute atomic E-state index is 11.9. The maximum atomic E-state index is 11.9. The van der Waals surface area contributed by atoms with E-state index in [1.165, 1.54) is 4.90 Å². The smallest absolute Gasteiger partial charge is 0.409 e. The molecule has 1 N–H and O–H groups in total. The molecule has 8 nitrogen and oxygen atoms in total. The molecule has 0 radical (unpaired) electrons. The standard InChI is InChI=1S/C14H15N5O3/c20-13(3-5-18-7-8-22-14(18)21)17-11-1-2-12(16-9-11)19-6-4-15-10-19/h1-2,4,6,9-10H,3,5,7-8H2,(H,17,20). The summed E-state index contributed by atoms with van der Waals surface area (Å²) in [4.78, 5) is 32.8. The quantitative estimate of drug-likeness (QED) is 0.891. The molecule has 114 valence electrons. The Morgan fingerprint density at radius 3 is 2.95 bits per heavy atom. The number of imidazole rings is 1. The summed E-state index contributed by atoms with van der Waals surface area (Å²) in [6.07, 6.45) is 6.54. The second-order valence-electron chi connectivity index (χ2n) is 4.77. The van der Waals surface area contributed by atoms with Crippen LogP contribution in [0.25, 0.3) is 5.82 Å². The van der Waals surface area contributed by atoms with Crippen molar-refractivity contribution in [3.8, 4) is 5.82 Å². The van der Waals surface area contributed by atoms with E-state index >= 15 is 0 Å². The SMILES string of the molecule is O=C(CCN1CCOC1=O)Nc1ccc(-n2ccnc2)nc1. The number of anilines is 1. The summed E-state index contributed by atoms with van der Waals surface area (Å²) in [5, 5.41) is 2.75. The van der Waals surface area contributed by atoms with Crippen molar-refractivity contribution < 1.29 is 14.3 Å². The topological polar surface area (TPSA) is 89.4 Å². The predicted molar refractivity (Wildman–Crippen MR) is 77.5 cm³/mol. The molecule has 0 spiro atoms. The number of pyridine rings is 1. The first-order valence-corrected chi connectivity index (χ1v) is 6.88. The van der Waals surface area contributed by atoms with Crippen molar-refractivity contribution in [3.63, 3.8) is 0 Å². The minimum atomic E-state index is -0.362. The summed E-state index contributed by atoms with van der Waals surface area (Å²) < 4.78 is 6.57. The molecule has 3 rings (SSSR count). The third-order valence-electron chi connectivity index (χ3n) is 3.25. The van der Waals surface area contributed by atoms with Gasteiger partial charge in [0.2, 0.25) is 5.91 Å². The van der Waals surface area contributed by atoms with Crippen LogP contribution in [0.2, 0.25) is 0 Å². The maximum Gasteiger partial charge on any atom is 0.409 e. The largest absolute Gasteiger partial charge is 0.448 e. The fourth-order valence-corrected chi connectivity index (χ4v) is 2.10. The third kappa shape index (κ3) is 3.22. The first kappa shape index (κ1) is 14.1. The lowest BCUT2D eigenvalue weighted by Gasteiger charge is -2.12. The van der Waals surface area contributed by atoms with E-state index in [1.54, 1.807) is 41.6 Å². The van der Waals surface area contributed by atoms with Gasteiger partial charge in [0, 0.05) is 25.4 Å². The molecule has 1 aliphatic rings. The molecule has 2 amide bonds. The number of cyclic esters (lactones) is 1. The van der Waals surface area contributed by atoms with Gasteiger partial charge in [0.25, 0.3) is 0 Å². The second-order valence-corrected chi connectivity index (χ2v) is 4.77. The molecule has 22 heavy (non-hydrogen) atoms. The molecule has 1 aliphatic heterocycles. The van der Waals surface area contributed by atoms with Crippen molar-refractivity contribution in [2.75, 3.05) is 25.0 Å². The predicted octanol–water partition coefficient (Wildman–Crippen LogP) is 1.05. The fraction of sp³-hybridized carbons (Fsp3) is 0.286. The average molecular weight is 301 g/mol. The summed E-state index contributed by atoms with van der Waals surface area (Å²) in [5.74, 6) is 0.548. The van der Waals surface area contributed by atoms with Crippen LogP contribution in [-0.4, -0.2) is 51.1 Å². The molecule has 3 heterocycles. The van der Waals surface area contributed by atoms with Gasteiger partial charge in [-0.05, 0) is 12.1 Å². The van der Waals surface area contributed by atoms with Crippen molar-refractivity contribution in [1.29, 1.82) is 0 Å². The van der Waals surface area contributed by atoms with Crippen LogP contribution in [0.3, 0.4) is 0 Å². The Morgan fingerprint density at radius 2 is 2.32 bits per heavy atom. The second kappa shape index (κ2) is 6.25. The van der Waals surface area contributed by atoms with Crippen LogP contribution in [0.5, 0.6) is 0 Å². The minimum Gasteiger partial charge on any atom is -0.448 e. The van der Waals surface area contributed by atoms with Crippen LogP contribution in [-0.2, 0) is 9.53 Å². The molecule has 0 bridgehead atoms. The molecule has 2 aromatic rings. The Kier molecular flexibility index (Phi) is 3.99. The van der Waals surface area contributed by atoms with E-state index in [-0.39, 0.29) is 18.4 Å². The van der Waals surface area contributed by atoms with Gasteiger partial charge in [0.15, 0.2) is 0 Å². The molecule has 0 aliphatic carbocycles. The molecule has 2 aromatic heterocycles. The van der Waals surface area contributed by atoms with Crippen molar-refractivity contribution in [2.24, 2.45) is 0 Å². The van der Waals surface area contributed by atoms with E-state index in [1.807, 2.05) is 0 Å². The molecule has 0 saturated carbocycles. The highest BCUT2D eigenvalue weighted by Gasteiger charge is 2.22. The first-order valence-electron chi connectivity index (χ1n) is 6.88. The Balaban J connectivity index is 1.52. The number of carbonyl (C=O) groups excluding carboxylic acids is 2. The van der Waals surface area contributed by atoms with E-state index in [0.717, 1.165) is 5.82 Å². The molecule has 1 saturated heterocycles. The summed E-state index contributed by atoms with van der Waals surface area (Å²) in [6, 6.07) is 3.56. The third-order valence-corrected chi connectivity index (χ3v) is 3.25. The van der Waals surface area contributed by atoms with Gasteiger partial charge < -0.3 is 15.0 Å². The molecular formula is C14H15N5O3. The lowest BCUT2D eigenvalue weighted by molar-refractivity contribution is -0.116. The highest BCUT2D eigenvalue weighted by Crippen LogP contribution is 2.10. The van der Waals surface area contributed by atoms with Gasteiger partial charge in [-0.25, -0.2) is 14.8 Å². The number of aromatic nitrogens is 3. The van der Waals surface area contributed by atoms with E-state index in [2.05, 4.69) is 15.3 Å². The Morgan fingerprint density at radius 1 is 1.41 bits per heavy atom. The van der Waals surface area contributed by atoms with E-state index < -0.39 is 0 Å². The Bertz CT molecular complexity index is 654. The lowest BCUT2D eigenvalue weighted by Crippen LogP contribution is -2.28. The number of hydrogen-bond acceptors (Lipinski definition) is 5. The number of nitrogens with one attached hydrogen (secondary N) is 1. The molecule has 0 atom stereocenters. The zero-order valence-electron chi connectivity index (χ0n) is 11.8. The van der Waals surface area contributed by atoms with Gasteiger partial charge in [-0.2, -0.15) is 0 Å². The van der Waals surface area contributed by atoms with Crippen LogP contribution in [0.15, 0.2) is 37.1 Å². The molecule has 8 heteroatoms. The van der Waals surface area contributed by atoms with Gasteiger partial charge >= 0.3 is 6.09 Å². The van der Waals surface area contributed by atoms with Crippen LogP contribution >= 0.6 is 0 Å². The monoisotopic (exact) mass is 301 g/mol. The first-order chi connectivity index (χ1) is 10.7. The molecule has 0 aromatic carbocycles. The number of carbonyl (C=O) groups is 2. The number of nitrogens with zero attached hydrogens (tertiary/aromatic N) is 4. The van der Waals surface area contributed by atoms with Gasteiger partial charge in [-0.1, -0.05) is 0 Å². The highest BCUT2D eigenvalue weighted by atomic mass is 16.6. The van der Waals surface area contributed by atoms with Crippen LogP contribution in [0.4, 0.5) is 10.5 Å². The van der Waals surface area contributed by atoms with Crippen molar-refractivity contribution in [1.82, 2.24) is 19.4 Å². The van der Waals surface area contributed by atoms with Crippen LogP contribution in [0.1, 0.15) is 6.42 Å². The van der Waals surface area contributed by atoms with Crippen molar-refractivity contribution in [3.05, 3.63) is 37.1 Å². The van der Waals surface area contributed by atoms with E-state index in [0.29, 0.717) is 25.4 Å². The van der Waals surface area contributed by atoms with Crippen molar-refractivity contribution >= 4 is 17.7 Å². The lowest BCUT2D eigenvalue weighted by atomic mass is 10.3. The fourth-order valence-electron chi connectivity index (χ4n) is 2.10. The van der Waals surface area contributed by atoms with Gasteiger partial charge in [-0.15, -0.1) is 0 Å². The zero-order chi connectivity index (χ0) is 15.4. The van der Waals surface area contributed by atoms with Crippen molar-refractivity contribution in [2.45, 2.75) is 6.42 Å². The number of rotatable bonds is 5. The van der Waals surface area contributed by atoms with Gasteiger partial charge in [-0.3, -0.25) is 9.36 Å². The zero-order valence-corrected chi connectivity index (χ0v) is 11.8. The highest BCUT2D eigenvalue weighted by molar-refractivity contribution is 5.90. The summed E-state index contributed by atoms with van der Waals surface area (Å²) >= 11 is 0. The summed E-state index contributed by atoms with van der Waals surface area (Å²) in [7, 11) is 0. The van der Waals surface area contributed by atoms with Crippen LogP contribution < -0.4 is 5.32 Å². The van der Waals surface area contributed by atoms with E-state index in [9.17, 15) is 9.59 Å². The average Bonchev–Trinajstić information content (AvgIpc) is 3.18. The Hall–Kier alpha value is -2.90. The molecule has 0 unspecified atom stereocenters.